The molecule has 2 N–H and O–H groups in total. The van der Waals surface area contributed by atoms with Crippen molar-refractivity contribution in [2.24, 2.45) is 0 Å². The molecule has 1 aromatic carbocycles. The lowest BCUT2D eigenvalue weighted by Crippen LogP contribution is -2.10. The first kappa shape index (κ1) is 18.2. The molecule has 8 nitrogen and oxygen atoms in total. The second-order valence-corrected chi connectivity index (χ2v) is 7.35. The van der Waals surface area contributed by atoms with E-state index in [2.05, 4.69) is 51.6 Å². The van der Waals surface area contributed by atoms with Crippen molar-refractivity contribution in [1.29, 1.82) is 0 Å². The summed E-state index contributed by atoms with van der Waals surface area (Å²) >= 11 is 0. The molecule has 0 fully saturated rings. The minimum atomic E-state index is 0.244. The molecule has 0 spiro atoms. The zero-order valence-electron chi connectivity index (χ0n) is 16.9. The van der Waals surface area contributed by atoms with Gasteiger partial charge in [0.2, 0.25) is 0 Å². The first-order valence-electron chi connectivity index (χ1n) is 10.0. The summed E-state index contributed by atoms with van der Waals surface area (Å²) in [6.45, 7) is 4.89. The van der Waals surface area contributed by atoms with Crippen LogP contribution in [0.1, 0.15) is 31.9 Å². The minimum Gasteiger partial charge on any atom is -0.364 e. The molecule has 0 aliphatic heterocycles. The molecule has 0 bridgehead atoms. The number of hydrogen-bond donors (Lipinski definition) is 2. The fourth-order valence-corrected chi connectivity index (χ4v) is 3.49. The second kappa shape index (κ2) is 7.55. The van der Waals surface area contributed by atoms with Crippen molar-refractivity contribution in [3.8, 4) is 11.4 Å². The van der Waals surface area contributed by atoms with Gasteiger partial charge in [0.15, 0.2) is 11.6 Å². The largest absolute Gasteiger partial charge is 0.364 e. The molecule has 30 heavy (non-hydrogen) atoms. The van der Waals surface area contributed by atoms with E-state index in [9.17, 15) is 0 Å². The molecule has 0 radical (unpaired) electrons. The maximum absolute atomic E-state index is 4.81. The van der Waals surface area contributed by atoms with E-state index in [1.807, 2.05) is 29.1 Å². The van der Waals surface area contributed by atoms with Crippen LogP contribution in [0.25, 0.3) is 33.3 Å². The number of aromatic nitrogens is 7. The van der Waals surface area contributed by atoms with E-state index in [0.717, 1.165) is 45.3 Å². The van der Waals surface area contributed by atoms with Crippen molar-refractivity contribution < 1.29 is 0 Å². The molecule has 8 heteroatoms. The SMILES string of the molecule is CCC(C)n1ncc2nc(-c3cn[nH]c3)nc(NCc3cnc4ccccc4c3)c21. The Hall–Kier alpha value is -3.81. The Labute approximate surface area is 173 Å². The minimum absolute atomic E-state index is 0.244. The van der Waals surface area contributed by atoms with E-state index in [1.54, 1.807) is 18.6 Å². The Bertz CT molecular complexity index is 1310. The molecule has 5 aromatic rings. The van der Waals surface area contributed by atoms with Crippen molar-refractivity contribution in [2.45, 2.75) is 32.9 Å². The third kappa shape index (κ3) is 3.26. The average molecular weight is 398 g/mol. The fourth-order valence-electron chi connectivity index (χ4n) is 3.49. The number of nitrogens with zero attached hydrogens (tertiary/aromatic N) is 6. The van der Waals surface area contributed by atoms with Gasteiger partial charge in [0.05, 0.1) is 23.5 Å². The van der Waals surface area contributed by atoms with Crippen molar-refractivity contribution in [3.05, 3.63) is 60.7 Å². The van der Waals surface area contributed by atoms with Crippen molar-refractivity contribution >= 4 is 27.8 Å². The van der Waals surface area contributed by atoms with Crippen molar-refractivity contribution in [1.82, 2.24) is 34.9 Å². The van der Waals surface area contributed by atoms with Gasteiger partial charge in [-0.1, -0.05) is 25.1 Å². The zero-order valence-corrected chi connectivity index (χ0v) is 16.9. The molecular weight excluding hydrogens is 376 g/mol. The molecule has 0 aliphatic carbocycles. The number of rotatable bonds is 6. The van der Waals surface area contributed by atoms with Crippen molar-refractivity contribution in [2.75, 3.05) is 5.32 Å². The second-order valence-electron chi connectivity index (χ2n) is 7.35. The number of benzene rings is 1. The summed E-state index contributed by atoms with van der Waals surface area (Å²) in [5, 5.41) is 16.0. The molecule has 0 saturated carbocycles. The van der Waals surface area contributed by atoms with Crippen LogP contribution in [0, 0.1) is 0 Å². The molecular formula is C22H22N8. The van der Waals surface area contributed by atoms with Gasteiger partial charge in [-0.15, -0.1) is 0 Å². The lowest BCUT2D eigenvalue weighted by Gasteiger charge is -2.14. The molecule has 4 heterocycles. The fraction of sp³-hybridized carbons (Fsp3) is 0.227. The highest BCUT2D eigenvalue weighted by Crippen LogP contribution is 2.28. The Balaban J connectivity index is 1.55. The van der Waals surface area contributed by atoms with Crippen LogP contribution in [0.15, 0.2) is 55.1 Å². The summed E-state index contributed by atoms with van der Waals surface area (Å²) in [4.78, 5) is 14.1. The topological polar surface area (TPSA) is 97.2 Å². The third-order valence-electron chi connectivity index (χ3n) is 5.32. The Kier molecular flexibility index (Phi) is 4.59. The van der Waals surface area contributed by atoms with E-state index in [-0.39, 0.29) is 6.04 Å². The quantitative estimate of drug-likeness (QED) is 0.441. The van der Waals surface area contributed by atoms with Crippen LogP contribution in [-0.4, -0.2) is 34.9 Å². The molecule has 4 aromatic heterocycles. The van der Waals surface area contributed by atoms with Gasteiger partial charge in [0.1, 0.15) is 11.0 Å². The van der Waals surface area contributed by atoms with E-state index in [0.29, 0.717) is 12.4 Å². The predicted octanol–water partition coefficient (Wildman–Crippen LogP) is 4.35. The maximum atomic E-state index is 4.81. The average Bonchev–Trinajstić information content (AvgIpc) is 3.47. The summed E-state index contributed by atoms with van der Waals surface area (Å²) in [5.41, 5.74) is 4.62. The van der Waals surface area contributed by atoms with Crippen LogP contribution in [0.3, 0.4) is 0 Å². The Morgan fingerprint density at radius 2 is 2.00 bits per heavy atom. The molecule has 150 valence electrons. The van der Waals surface area contributed by atoms with Gasteiger partial charge in [0.25, 0.3) is 0 Å². The summed E-state index contributed by atoms with van der Waals surface area (Å²) < 4.78 is 2.00. The monoisotopic (exact) mass is 398 g/mol. The normalized spacial score (nSPS) is 12.5. The third-order valence-corrected chi connectivity index (χ3v) is 5.32. The number of nitrogens with one attached hydrogen (secondary N) is 2. The Morgan fingerprint density at radius 3 is 2.83 bits per heavy atom. The van der Waals surface area contributed by atoms with Crippen LogP contribution in [-0.2, 0) is 6.54 Å². The van der Waals surface area contributed by atoms with Gasteiger partial charge in [0, 0.05) is 30.4 Å². The van der Waals surface area contributed by atoms with Gasteiger partial charge in [-0.05, 0) is 31.0 Å². The van der Waals surface area contributed by atoms with E-state index < -0.39 is 0 Å². The molecule has 0 saturated heterocycles. The highest BCUT2D eigenvalue weighted by molar-refractivity contribution is 5.87. The van der Waals surface area contributed by atoms with Gasteiger partial charge >= 0.3 is 0 Å². The van der Waals surface area contributed by atoms with Gasteiger partial charge in [-0.25, -0.2) is 9.97 Å². The molecule has 1 unspecified atom stereocenters. The van der Waals surface area contributed by atoms with Gasteiger partial charge < -0.3 is 5.32 Å². The van der Waals surface area contributed by atoms with Crippen LogP contribution in [0.4, 0.5) is 5.82 Å². The summed E-state index contributed by atoms with van der Waals surface area (Å²) in [5.74, 6) is 1.36. The number of H-pyrrole nitrogens is 1. The van der Waals surface area contributed by atoms with E-state index >= 15 is 0 Å². The number of anilines is 1. The summed E-state index contributed by atoms with van der Waals surface area (Å²) in [7, 11) is 0. The highest BCUT2D eigenvalue weighted by atomic mass is 15.3. The number of aromatic amines is 1. The smallest absolute Gasteiger partial charge is 0.165 e. The lowest BCUT2D eigenvalue weighted by atomic mass is 10.1. The molecule has 5 rings (SSSR count). The Morgan fingerprint density at radius 1 is 1.10 bits per heavy atom. The standard InChI is InChI=1S/C22H22N8/c1-3-14(2)30-20-19(13-27-30)28-21(17-11-25-26-12-17)29-22(20)24-10-15-8-16-6-4-5-7-18(16)23-9-15/h4-9,11-14H,3,10H2,1-2H3,(H,25,26)(H,24,28,29). The van der Waals surface area contributed by atoms with Crippen LogP contribution in [0.5, 0.6) is 0 Å². The van der Waals surface area contributed by atoms with Crippen LogP contribution in [0.2, 0.25) is 0 Å². The maximum Gasteiger partial charge on any atom is 0.165 e. The summed E-state index contributed by atoms with van der Waals surface area (Å²) in [6.07, 6.45) is 8.18. The zero-order chi connectivity index (χ0) is 20.5. The van der Waals surface area contributed by atoms with E-state index in [4.69, 9.17) is 9.97 Å². The van der Waals surface area contributed by atoms with Gasteiger partial charge in [-0.2, -0.15) is 10.2 Å². The molecule has 0 amide bonds. The number of pyridine rings is 1. The van der Waals surface area contributed by atoms with E-state index in [1.165, 1.54) is 0 Å². The number of fused-ring (bicyclic) bond motifs is 2. The predicted molar refractivity (Wildman–Crippen MR) is 117 cm³/mol. The van der Waals surface area contributed by atoms with Gasteiger partial charge in [-0.3, -0.25) is 14.8 Å². The lowest BCUT2D eigenvalue weighted by molar-refractivity contribution is 0.493. The summed E-state index contributed by atoms with van der Waals surface area (Å²) in [6, 6.07) is 10.5. The molecule has 0 aliphatic rings. The van der Waals surface area contributed by atoms with Crippen LogP contribution >= 0.6 is 0 Å². The number of hydrogen-bond acceptors (Lipinski definition) is 6. The first-order valence-corrected chi connectivity index (χ1v) is 10.0. The highest BCUT2D eigenvalue weighted by Gasteiger charge is 2.17. The molecule has 1 atom stereocenters. The van der Waals surface area contributed by atoms with Crippen molar-refractivity contribution in [3.63, 3.8) is 0 Å². The first-order chi connectivity index (χ1) is 14.7. The van der Waals surface area contributed by atoms with Crippen LogP contribution < -0.4 is 5.32 Å². The number of para-hydroxylation sites is 1.